The first-order chi connectivity index (χ1) is 14.8. The standard InChI is InChI=1S/C25H26FN3O2/c1-17-16-24(18(2)29(17)23-10-6-21(26)7-11-23)25(31)28-14-12-27(13-15-28)22-8-4-20(5-9-22)19(3)30/h4-11,16H,12-15H2,1-3H3. The third-order valence-electron chi connectivity index (χ3n) is 5.95. The van der Waals surface area contributed by atoms with Crippen LogP contribution in [0.4, 0.5) is 10.1 Å². The van der Waals surface area contributed by atoms with E-state index in [2.05, 4.69) is 4.90 Å². The van der Waals surface area contributed by atoms with Crippen molar-refractivity contribution in [2.75, 3.05) is 31.1 Å². The number of hydrogen-bond donors (Lipinski definition) is 0. The molecule has 0 radical (unpaired) electrons. The van der Waals surface area contributed by atoms with E-state index >= 15 is 0 Å². The van der Waals surface area contributed by atoms with Crippen LogP contribution in [0.1, 0.15) is 39.0 Å². The summed E-state index contributed by atoms with van der Waals surface area (Å²) < 4.78 is 15.3. The number of nitrogens with zero attached hydrogens (tertiary/aromatic N) is 3. The topological polar surface area (TPSA) is 45.6 Å². The fraction of sp³-hybridized carbons (Fsp3) is 0.280. The summed E-state index contributed by atoms with van der Waals surface area (Å²) in [6.45, 7) is 8.18. The maximum Gasteiger partial charge on any atom is 0.255 e. The molecule has 4 rings (SSSR count). The van der Waals surface area contributed by atoms with Crippen LogP contribution in [0.5, 0.6) is 0 Å². The lowest BCUT2D eigenvalue weighted by molar-refractivity contribution is 0.0746. The summed E-state index contributed by atoms with van der Waals surface area (Å²) in [4.78, 5) is 28.8. The van der Waals surface area contributed by atoms with Crippen molar-refractivity contribution in [1.29, 1.82) is 0 Å². The Morgan fingerprint density at radius 2 is 1.42 bits per heavy atom. The van der Waals surface area contributed by atoms with E-state index in [1.807, 2.05) is 53.6 Å². The number of halogens is 1. The molecule has 0 bridgehead atoms. The minimum atomic E-state index is -0.281. The van der Waals surface area contributed by atoms with E-state index in [0.29, 0.717) is 24.2 Å². The number of carbonyl (C=O) groups excluding carboxylic acids is 2. The smallest absolute Gasteiger partial charge is 0.255 e. The number of aromatic nitrogens is 1. The fourth-order valence-corrected chi connectivity index (χ4v) is 4.21. The second-order valence-corrected chi connectivity index (χ2v) is 7.98. The third kappa shape index (κ3) is 4.10. The van der Waals surface area contributed by atoms with Crippen LogP contribution in [0.3, 0.4) is 0 Å². The number of anilines is 1. The van der Waals surface area contributed by atoms with Crippen LogP contribution in [0.15, 0.2) is 54.6 Å². The van der Waals surface area contributed by atoms with Crippen LogP contribution in [0.25, 0.3) is 5.69 Å². The number of carbonyl (C=O) groups is 2. The van der Waals surface area contributed by atoms with Gasteiger partial charge >= 0.3 is 0 Å². The van der Waals surface area contributed by atoms with E-state index in [1.54, 1.807) is 19.1 Å². The molecule has 2 heterocycles. The molecular weight excluding hydrogens is 393 g/mol. The first-order valence-corrected chi connectivity index (χ1v) is 10.5. The maximum absolute atomic E-state index is 13.3. The molecule has 1 aromatic heterocycles. The number of Topliss-reactive ketones (excluding diaryl/α,β-unsaturated/α-hetero) is 1. The zero-order valence-corrected chi connectivity index (χ0v) is 18.1. The average Bonchev–Trinajstić information content (AvgIpc) is 3.08. The lowest BCUT2D eigenvalue weighted by atomic mass is 10.1. The molecule has 0 unspecified atom stereocenters. The Morgan fingerprint density at radius 3 is 2.00 bits per heavy atom. The van der Waals surface area contributed by atoms with Crippen molar-refractivity contribution < 1.29 is 14.0 Å². The van der Waals surface area contributed by atoms with Gasteiger partial charge in [0, 0.05) is 54.5 Å². The second-order valence-electron chi connectivity index (χ2n) is 7.98. The van der Waals surface area contributed by atoms with Crippen molar-refractivity contribution in [3.63, 3.8) is 0 Å². The predicted octanol–water partition coefficient (Wildman–Crippen LogP) is 4.40. The van der Waals surface area contributed by atoms with E-state index in [1.165, 1.54) is 12.1 Å². The molecule has 6 heteroatoms. The number of hydrogen-bond acceptors (Lipinski definition) is 3. The van der Waals surface area contributed by atoms with Crippen LogP contribution in [-0.4, -0.2) is 47.3 Å². The number of aryl methyl sites for hydroxylation is 1. The maximum atomic E-state index is 13.3. The first-order valence-electron chi connectivity index (χ1n) is 10.5. The van der Waals surface area contributed by atoms with Gasteiger partial charge in [0.25, 0.3) is 5.91 Å². The normalized spacial score (nSPS) is 14.1. The monoisotopic (exact) mass is 419 g/mol. The zero-order chi connectivity index (χ0) is 22.1. The van der Waals surface area contributed by atoms with E-state index in [4.69, 9.17) is 0 Å². The summed E-state index contributed by atoms with van der Waals surface area (Å²) in [7, 11) is 0. The third-order valence-corrected chi connectivity index (χ3v) is 5.95. The molecule has 2 aromatic carbocycles. The van der Waals surface area contributed by atoms with Crippen LogP contribution < -0.4 is 4.90 Å². The first kappa shape index (κ1) is 20.8. The molecule has 1 fully saturated rings. The van der Waals surface area contributed by atoms with Crippen LogP contribution in [0.2, 0.25) is 0 Å². The van der Waals surface area contributed by atoms with Crippen molar-refractivity contribution in [2.45, 2.75) is 20.8 Å². The Morgan fingerprint density at radius 1 is 0.839 bits per heavy atom. The molecule has 1 saturated heterocycles. The van der Waals surface area contributed by atoms with E-state index in [0.717, 1.165) is 35.9 Å². The molecule has 160 valence electrons. The van der Waals surface area contributed by atoms with Gasteiger partial charge in [0.1, 0.15) is 5.82 Å². The van der Waals surface area contributed by atoms with Gasteiger partial charge in [-0.15, -0.1) is 0 Å². The molecular formula is C25H26FN3O2. The molecule has 0 aliphatic carbocycles. The van der Waals surface area contributed by atoms with Crippen LogP contribution >= 0.6 is 0 Å². The molecule has 31 heavy (non-hydrogen) atoms. The van der Waals surface area contributed by atoms with Crippen molar-refractivity contribution in [2.24, 2.45) is 0 Å². The Hall–Kier alpha value is -3.41. The minimum absolute atomic E-state index is 0.0213. The molecule has 3 aromatic rings. The van der Waals surface area contributed by atoms with Crippen molar-refractivity contribution >= 4 is 17.4 Å². The number of piperazine rings is 1. The summed E-state index contributed by atoms with van der Waals surface area (Å²) in [5.74, 6) is -0.204. The number of amides is 1. The predicted molar refractivity (Wildman–Crippen MR) is 120 cm³/mol. The SMILES string of the molecule is CC(=O)c1ccc(N2CCN(C(=O)c3cc(C)n(-c4ccc(F)cc4)c3C)CC2)cc1. The lowest BCUT2D eigenvalue weighted by Crippen LogP contribution is -2.48. The van der Waals surface area contributed by atoms with Gasteiger partial charge in [-0.3, -0.25) is 9.59 Å². The lowest BCUT2D eigenvalue weighted by Gasteiger charge is -2.36. The molecule has 1 amide bonds. The van der Waals surface area contributed by atoms with Gasteiger partial charge in [-0.1, -0.05) is 0 Å². The molecule has 5 nitrogen and oxygen atoms in total. The Bertz CT molecular complexity index is 1110. The average molecular weight is 420 g/mol. The summed E-state index contributed by atoms with van der Waals surface area (Å²) in [5, 5.41) is 0. The van der Waals surface area contributed by atoms with Crippen LogP contribution in [0, 0.1) is 19.7 Å². The quantitative estimate of drug-likeness (QED) is 0.589. The largest absolute Gasteiger partial charge is 0.368 e. The Labute approximate surface area is 181 Å². The summed E-state index contributed by atoms with van der Waals surface area (Å²) in [6.07, 6.45) is 0. The van der Waals surface area contributed by atoms with Gasteiger partial charge in [0.15, 0.2) is 5.78 Å². The molecule has 1 aliphatic heterocycles. The highest BCUT2D eigenvalue weighted by Crippen LogP contribution is 2.24. The van der Waals surface area contributed by atoms with Gasteiger partial charge in [-0.2, -0.15) is 0 Å². The van der Waals surface area contributed by atoms with Gasteiger partial charge in [0.2, 0.25) is 0 Å². The van der Waals surface area contributed by atoms with Gasteiger partial charge in [-0.05, 0) is 75.4 Å². The van der Waals surface area contributed by atoms with E-state index in [-0.39, 0.29) is 17.5 Å². The minimum Gasteiger partial charge on any atom is -0.368 e. The number of benzene rings is 2. The molecule has 0 saturated carbocycles. The summed E-state index contributed by atoms with van der Waals surface area (Å²) in [6, 6.07) is 15.8. The number of rotatable bonds is 4. The second kappa shape index (κ2) is 8.38. The highest BCUT2D eigenvalue weighted by molar-refractivity contribution is 5.96. The Kier molecular flexibility index (Phi) is 5.63. The van der Waals surface area contributed by atoms with E-state index < -0.39 is 0 Å². The summed E-state index contributed by atoms with van der Waals surface area (Å²) in [5.41, 5.74) is 5.09. The zero-order valence-electron chi connectivity index (χ0n) is 18.1. The number of ketones is 1. The molecule has 1 aliphatic rings. The van der Waals surface area contributed by atoms with Gasteiger partial charge in [-0.25, -0.2) is 4.39 Å². The highest BCUT2D eigenvalue weighted by atomic mass is 19.1. The van der Waals surface area contributed by atoms with Crippen molar-refractivity contribution in [3.05, 3.63) is 82.9 Å². The van der Waals surface area contributed by atoms with Gasteiger partial charge in [0.05, 0.1) is 5.56 Å². The summed E-state index contributed by atoms with van der Waals surface area (Å²) >= 11 is 0. The molecule has 0 N–H and O–H groups in total. The molecule has 0 spiro atoms. The Balaban J connectivity index is 1.47. The van der Waals surface area contributed by atoms with E-state index in [9.17, 15) is 14.0 Å². The highest BCUT2D eigenvalue weighted by Gasteiger charge is 2.25. The van der Waals surface area contributed by atoms with Crippen molar-refractivity contribution in [1.82, 2.24) is 9.47 Å². The molecule has 0 atom stereocenters. The van der Waals surface area contributed by atoms with Crippen molar-refractivity contribution in [3.8, 4) is 5.69 Å². The van der Waals surface area contributed by atoms with Crippen LogP contribution in [-0.2, 0) is 0 Å². The fourth-order valence-electron chi connectivity index (χ4n) is 4.21. The van der Waals surface area contributed by atoms with Gasteiger partial charge < -0.3 is 14.4 Å².